The lowest BCUT2D eigenvalue weighted by Crippen LogP contribution is -1.85. The zero-order chi connectivity index (χ0) is 9.97. The molecule has 1 aromatic heterocycles. The van der Waals surface area contributed by atoms with Crippen molar-refractivity contribution in [2.24, 2.45) is 0 Å². The van der Waals surface area contributed by atoms with Crippen LogP contribution in [-0.4, -0.2) is 4.98 Å². The van der Waals surface area contributed by atoms with Crippen molar-refractivity contribution in [1.29, 1.82) is 0 Å². The van der Waals surface area contributed by atoms with Crippen molar-refractivity contribution in [3.63, 3.8) is 0 Å². The second kappa shape index (κ2) is 4.24. The summed E-state index contributed by atoms with van der Waals surface area (Å²) in [5.41, 5.74) is 2.06. The number of benzene rings is 1. The molecule has 0 aliphatic rings. The van der Waals surface area contributed by atoms with Crippen molar-refractivity contribution >= 4 is 31.9 Å². The number of halogens is 2. The number of pyridine rings is 1. The third-order valence-corrected chi connectivity index (χ3v) is 3.22. The second-order valence-corrected chi connectivity index (χ2v) is 4.52. The van der Waals surface area contributed by atoms with E-state index in [4.69, 9.17) is 0 Å². The highest BCUT2D eigenvalue weighted by Gasteiger charge is 2.06. The number of nitrogens with zero attached hydrogens (tertiary/aromatic N) is 1. The van der Waals surface area contributed by atoms with E-state index in [9.17, 15) is 0 Å². The molecule has 70 valence electrons. The smallest absolute Gasteiger partial charge is 0.0855 e. The van der Waals surface area contributed by atoms with Gasteiger partial charge in [-0.05, 0) is 34.1 Å². The van der Waals surface area contributed by atoms with Gasteiger partial charge in [-0.2, -0.15) is 0 Å². The van der Waals surface area contributed by atoms with Gasteiger partial charge in [-0.15, -0.1) is 0 Å². The molecule has 0 radical (unpaired) electrons. The lowest BCUT2D eigenvalue weighted by atomic mass is 10.1. The van der Waals surface area contributed by atoms with Crippen LogP contribution in [0.1, 0.15) is 0 Å². The molecule has 2 rings (SSSR count). The Morgan fingerprint density at radius 3 is 2.29 bits per heavy atom. The molecule has 1 aromatic carbocycles. The maximum atomic E-state index is 4.33. The van der Waals surface area contributed by atoms with Gasteiger partial charge in [0.25, 0.3) is 0 Å². The van der Waals surface area contributed by atoms with Gasteiger partial charge in [0.2, 0.25) is 0 Å². The molecule has 0 N–H and O–H groups in total. The van der Waals surface area contributed by atoms with Crippen molar-refractivity contribution in [2.75, 3.05) is 0 Å². The molecular formula is C11H7Br2N. The Kier molecular flexibility index (Phi) is 2.99. The Hall–Kier alpha value is -0.670. The van der Waals surface area contributed by atoms with E-state index >= 15 is 0 Å². The van der Waals surface area contributed by atoms with Gasteiger partial charge in [0.1, 0.15) is 0 Å². The SMILES string of the molecule is Brc1ccccc1-c1ncccc1Br. The van der Waals surface area contributed by atoms with Crippen molar-refractivity contribution in [2.45, 2.75) is 0 Å². The molecule has 14 heavy (non-hydrogen) atoms. The van der Waals surface area contributed by atoms with Crippen molar-refractivity contribution in [3.05, 3.63) is 51.5 Å². The van der Waals surface area contributed by atoms with Gasteiger partial charge in [0.05, 0.1) is 5.69 Å². The van der Waals surface area contributed by atoms with Crippen LogP contribution >= 0.6 is 31.9 Å². The largest absolute Gasteiger partial charge is 0.255 e. The Morgan fingerprint density at radius 1 is 0.857 bits per heavy atom. The van der Waals surface area contributed by atoms with E-state index in [1.807, 2.05) is 36.4 Å². The van der Waals surface area contributed by atoms with E-state index in [2.05, 4.69) is 36.8 Å². The maximum Gasteiger partial charge on any atom is 0.0855 e. The molecule has 0 aliphatic heterocycles. The summed E-state index contributed by atoms with van der Waals surface area (Å²) < 4.78 is 2.06. The zero-order valence-electron chi connectivity index (χ0n) is 7.24. The van der Waals surface area contributed by atoms with Crippen LogP contribution in [0, 0.1) is 0 Å². The molecule has 1 nitrogen and oxygen atoms in total. The average Bonchev–Trinajstić information content (AvgIpc) is 2.20. The summed E-state index contributed by atoms with van der Waals surface area (Å²) in [7, 11) is 0. The normalized spacial score (nSPS) is 10.1. The number of aromatic nitrogens is 1. The monoisotopic (exact) mass is 311 g/mol. The van der Waals surface area contributed by atoms with Gasteiger partial charge in [-0.1, -0.05) is 34.1 Å². The van der Waals surface area contributed by atoms with Gasteiger partial charge in [0, 0.05) is 20.7 Å². The lowest BCUT2D eigenvalue weighted by Gasteiger charge is -2.04. The molecule has 0 amide bonds. The molecule has 0 saturated heterocycles. The van der Waals surface area contributed by atoms with Crippen LogP contribution in [0.2, 0.25) is 0 Å². The molecule has 3 heteroatoms. The molecule has 0 spiro atoms. The summed E-state index contributed by atoms with van der Waals surface area (Å²) in [5.74, 6) is 0. The minimum Gasteiger partial charge on any atom is -0.255 e. The zero-order valence-corrected chi connectivity index (χ0v) is 10.4. The minimum absolute atomic E-state index is 0.958. The summed E-state index contributed by atoms with van der Waals surface area (Å²) in [6.07, 6.45) is 1.79. The van der Waals surface area contributed by atoms with Gasteiger partial charge < -0.3 is 0 Å². The number of hydrogen-bond donors (Lipinski definition) is 0. The Labute approximate surface area is 99.4 Å². The highest BCUT2D eigenvalue weighted by atomic mass is 79.9. The first kappa shape index (κ1) is 9.87. The van der Waals surface area contributed by atoms with Crippen molar-refractivity contribution in [3.8, 4) is 11.3 Å². The molecule has 1 heterocycles. The lowest BCUT2D eigenvalue weighted by molar-refractivity contribution is 1.30. The molecule has 2 aromatic rings. The van der Waals surface area contributed by atoms with Crippen LogP contribution in [0.3, 0.4) is 0 Å². The fourth-order valence-corrected chi connectivity index (χ4v) is 2.18. The third kappa shape index (κ3) is 1.88. The van der Waals surface area contributed by atoms with E-state index in [0.29, 0.717) is 0 Å². The second-order valence-electron chi connectivity index (χ2n) is 2.81. The maximum absolute atomic E-state index is 4.33. The third-order valence-electron chi connectivity index (χ3n) is 1.89. The molecular weight excluding hydrogens is 306 g/mol. The first-order chi connectivity index (χ1) is 6.79. The predicted molar refractivity (Wildman–Crippen MR) is 65.1 cm³/mol. The first-order valence-corrected chi connectivity index (χ1v) is 5.73. The van der Waals surface area contributed by atoms with Gasteiger partial charge in [-0.25, -0.2) is 0 Å². The summed E-state index contributed by atoms with van der Waals surface area (Å²) in [6, 6.07) is 11.9. The van der Waals surface area contributed by atoms with Crippen molar-refractivity contribution in [1.82, 2.24) is 4.98 Å². The van der Waals surface area contributed by atoms with E-state index < -0.39 is 0 Å². The van der Waals surface area contributed by atoms with Gasteiger partial charge in [-0.3, -0.25) is 4.98 Å². The first-order valence-electron chi connectivity index (χ1n) is 4.14. The van der Waals surface area contributed by atoms with Crippen LogP contribution in [0.5, 0.6) is 0 Å². The fraction of sp³-hybridized carbons (Fsp3) is 0. The number of hydrogen-bond acceptors (Lipinski definition) is 1. The number of rotatable bonds is 1. The fourth-order valence-electron chi connectivity index (χ4n) is 1.24. The molecule has 0 saturated carbocycles. The quantitative estimate of drug-likeness (QED) is 0.766. The predicted octanol–water partition coefficient (Wildman–Crippen LogP) is 4.27. The Bertz CT molecular complexity index is 411. The molecule has 0 unspecified atom stereocenters. The van der Waals surface area contributed by atoms with Crippen LogP contribution < -0.4 is 0 Å². The van der Waals surface area contributed by atoms with Gasteiger partial charge in [0.15, 0.2) is 0 Å². The van der Waals surface area contributed by atoms with Crippen LogP contribution in [0.4, 0.5) is 0 Å². The van der Waals surface area contributed by atoms with E-state index in [-0.39, 0.29) is 0 Å². The summed E-state index contributed by atoms with van der Waals surface area (Å²) in [4.78, 5) is 4.33. The van der Waals surface area contributed by atoms with Gasteiger partial charge >= 0.3 is 0 Å². The molecule has 0 bridgehead atoms. The standard InChI is InChI=1S/C11H7Br2N/c12-9-5-2-1-4-8(9)11-10(13)6-3-7-14-11/h1-7H. The topological polar surface area (TPSA) is 12.9 Å². The van der Waals surface area contributed by atoms with Crippen LogP contribution in [0.15, 0.2) is 51.5 Å². The Balaban J connectivity index is 2.61. The molecule has 0 atom stereocenters. The molecule has 0 aliphatic carbocycles. The van der Waals surface area contributed by atoms with Crippen LogP contribution in [-0.2, 0) is 0 Å². The summed E-state index contributed by atoms with van der Waals surface area (Å²) in [5, 5.41) is 0. The Morgan fingerprint density at radius 2 is 1.57 bits per heavy atom. The van der Waals surface area contributed by atoms with E-state index in [0.717, 1.165) is 20.2 Å². The minimum atomic E-state index is 0.958. The summed E-state index contributed by atoms with van der Waals surface area (Å²) in [6.45, 7) is 0. The highest BCUT2D eigenvalue weighted by Crippen LogP contribution is 2.31. The molecule has 0 fully saturated rings. The van der Waals surface area contributed by atoms with Crippen LogP contribution in [0.25, 0.3) is 11.3 Å². The summed E-state index contributed by atoms with van der Waals surface area (Å²) >= 11 is 6.99. The highest BCUT2D eigenvalue weighted by molar-refractivity contribution is 9.11. The average molecular weight is 313 g/mol. The van der Waals surface area contributed by atoms with E-state index in [1.54, 1.807) is 6.20 Å². The van der Waals surface area contributed by atoms with E-state index in [1.165, 1.54) is 0 Å². The van der Waals surface area contributed by atoms with Crippen molar-refractivity contribution < 1.29 is 0 Å².